The molecule has 0 saturated heterocycles. The van der Waals surface area contributed by atoms with Crippen molar-refractivity contribution < 1.29 is 0 Å². The summed E-state index contributed by atoms with van der Waals surface area (Å²) in [6, 6.07) is 10.4. The van der Waals surface area contributed by atoms with Crippen LogP contribution in [0.4, 0.5) is 0 Å². The lowest BCUT2D eigenvalue weighted by molar-refractivity contribution is 0.746. The fourth-order valence-corrected chi connectivity index (χ4v) is 2.58. The molecular formula is C12H14N2S. The van der Waals surface area contributed by atoms with Gasteiger partial charge >= 0.3 is 0 Å². The summed E-state index contributed by atoms with van der Waals surface area (Å²) >= 11 is 1.77. The molecule has 2 heterocycles. The molecule has 0 aliphatic heterocycles. The lowest BCUT2D eigenvalue weighted by atomic mass is 10.2. The highest BCUT2D eigenvalue weighted by atomic mass is 32.1. The Morgan fingerprint density at radius 1 is 1.33 bits per heavy atom. The average Bonchev–Trinajstić information content (AvgIpc) is 2.67. The molecule has 0 saturated carbocycles. The SMILES string of the molecule is C[C@@H](N)Cc1ccc(-c2ccccn2)s1. The lowest BCUT2D eigenvalue weighted by Gasteiger charge is -2.00. The molecule has 78 valence electrons. The molecule has 0 bridgehead atoms. The molecule has 15 heavy (non-hydrogen) atoms. The number of aromatic nitrogens is 1. The number of rotatable bonds is 3. The monoisotopic (exact) mass is 218 g/mol. The van der Waals surface area contributed by atoms with Crippen LogP contribution < -0.4 is 5.73 Å². The Hall–Kier alpha value is -1.19. The van der Waals surface area contributed by atoms with Crippen molar-refractivity contribution in [1.29, 1.82) is 0 Å². The number of nitrogens with zero attached hydrogens (tertiary/aromatic N) is 1. The third kappa shape index (κ3) is 2.64. The molecule has 3 heteroatoms. The van der Waals surface area contributed by atoms with Crippen molar-refractivity contribution in [3.05, 3.63) is 41.4 Å². The van der Waals surface area contributed by atoms with E-state index < -0.39 is 0 Å². The zero-order chi connectivity index (χ0) is 10.7. The molecule has 2 aromatic heterocycles. The highest BCUT2D eigenvalue weighted by Gasteiger charge is 2.04. The van der Waals surface area contributed by atoms with Gasteiger partial charge in [-0.15, -0.1) is 11.3 Å². The molecule has 0 fully saturated rings. The van der Waals surface area contributed by atoms with E-state index in [0.29, 0.717) is 0 Å². The number of pyridine rings is 1. The van der Waals surface area contributed by atoms with Gasteiger partial charge in [0.15, 0.2) is 0 Å². The Labute approximate surface area is 93.8 Å². The van der Waals surface area contributed by atoms with Crippen molar-refractivity contribution in [2.75, 3.05) is 0 Å². The first-order chi connectivity index (χ1) is 7.25. The highest BCUT2D eigenvalue weighted by Crippen LogP contribution is 2.26. The molecule has 0 spiro atoms. The zero-order valence-corrected chi connectivity index (χ0v) is 9.50. The van der Waals surface area contributed by atoms with E-state index in [4.69, 9.17) is 5.73 Å². The van der Waals surface area contributed by atoms with E-state index in [9.17, 15) is 0 Å². The van der Waals surface area contributed by atoms with Gasteiger partial charge in [-0.2, -0.15) is 0 Å². The minimum absolute atomic E-state index is 0.222. The number of thiophene rings is 1. The van der Waals surface area contributed by atoms with Gasteiger partial charge in [0.2, 0.25) is 0 Å². The van der Waals surface area contributed by atoms with Gasteiger partial charge < -0.3 is 5.73 Å². The standard InChI is InChI=1S/C12H14N2S/c1-9(13)8-10-5-6-12(15-10)11-4-2-3-7-14-11/h2-7,9H,8,13H2,1H3/t9-/m1/s1. The van der Waals surface area contributed by atoms with Crippen LogP contribution in [0.5, 0.6) is 0 Å². The van der Waals surface area contributed by atoms with Crippen LogP contribution in [-0.4, -0.2) is 11.0 Å². The van der Waals surface area contributed by atoms with Crippen molar-refractivity contribution in [2.24, 2.45) is 5.73 Å². The van der Waals surface area contributed by atoms with Gasteiger partial charge in [0.05, 0.1) is 10.6 Å². The molecule has 0 unspecified atom stereocenters. The Balaban J connectivity index is 2.21. The van der Waals surface area contributed by atoms with Gasteiger partial charge in [-0.1, -0.05) is 6.07 Å². The van der Waals surface area contributed by atoms with Gasteiger partial charge in [0.1, 0.15) is 0 Å². The summed E-state index contributed by atoms with van der Waals surface area (Å²) < 4.78 is 0. The summed E-state index contributed by atoms with van der Waals surface area (Å²) in [6.07, 6.45) is 2.76. The minimum Gasteiger partial charge on any atom is -0.328 e. The molecule has 0 aromatic carbocycles. The first-order valence-electron chi connectivity index (χ1n) is 5.01. The molecule has 0 aliphatic carbocycles. The normalized spacial score (nSPS) is 12.7. The lowest BCUT2D eigenvalue weighted by Crippen LogP contribution is -2.16. The highest BCUT2D eigenvalue weighted by molar-refractivity contribution is 7.15. The third-order valence-corrected chi connectivity index (χ3v) is 3.23. The number of hydrogen-bond acceptors (Lipinski definition) is 3. The molecule has 0 radical (unpaired) electrons. The first kappa shape index (κ1) is 10.3. The molecule has 2 rings (SSSR count). The summed E-state index contributed by atoms with van der Waals surface area (Å²) in [5.41, 5.74) is 6.80. The Kier molecular flexibility index (Phi) is 3.14. The summed E-state index contributed by atoms with van der Waals surface area (Å²) in [5.74, 6) is 0. The van der Waals surface area contributed by atoms with E-state index in [-0.39, 0.29) is 6.04 Å². The predicted octanol–water partition coefficient (Wildman–Crippen LogP) is 2.70. The topological polar surface area (TPSA) is 38.9 Å². The summed E-state index contributed by atoms with van der Waals surface area (Å²) in [4.78, 5) is 6.86. The maximum atomic E-state index is 5.76. The van der Waals surface area contributed by atoms with Gasteiger partial charge in [0, 0.05) is 17.1 Å². The molecule has 0 amide bonds. The Bertz CT molecular complexity index is 420. The summed E-state index contributed by atoms with van der Waals surface area (Å²) in [6.45, 7) is 2.03. The van der Waals surface area contributed by atoms with Crippen LogP contribution in [0.3, 0.4) is 0 Å². The smallest absolute Gasteiger partial charge is 0.0801 e. The molecule has 1 atom stereocenters. The molecule has 2 nitrogen and oxygen atoms in total. The average molecular weight is 218 g/mol. The molecule has 0 aliphatic rings. The number of nitrogens with two attached hydrogens (primary N) is 1. The van der Waals surface area contributed by atoms with Gasteiger partial charge in [-0.25, -0.2) is 0 Å². The van der Waals surface area contributed by atoms with Crippen LogP contribution in [0.2, 0.25) is 0 Å². The van der Waals surface area contributed by atoms with E-state index in [0.717, 1.165) is 12.1 Å². The van der Waals surface area contributed by atoms with Crippen molar-refractivity contribution in [3.8, 4) is 10.6 Å². The second-order valence-corrected chi connectivity index (χ2v) is 4.83. The van der Waals surface area contributed by atoms with Crippen LogP contribution in [0.1, 0.15) is 11.8 Å². The van der Waals surface area contributed by atoms with Crippen LogP contribution in [0.25, 0.3) is 10.6 Å². The van der Waals surface area contributed by atoms with Gasteiger partial charge in [-0.3, -0.25) is 4.98 Å². The fourth-order valence-electron chi connectivity index (χ4n) is 1.45. The van der Waals surface area contributed by atoms with Gasteiger partial charge in [0.25, 0.3) is 0 Å². The van der Waals surface area contributed by atoms with E-state index in [1.807, 2.05) is 31.3 Å². The zero-order valence-electron chi connectivity index (χ0n) is 8.68. The van der Waals surface area contributed by atoms with Crippen LogP contribution in [0.15, 0.2) is 36.5 Å². The van der Waals surface area contributed by atoms with Crippen molar-refractivity contribution >= 4 is 11.3 Å². The van der Waals surface area contributed by atoms with Crippen molar-refractivity contribution in [2.45, 2.75) is 19.4 Å². The fraction of sp³-hybridized carbons (Fsp3) is 0.250. The molecule has 2 N–H and O–H groups in total. The Morgan fingerprint density at radius 2 is 2.20 bits per heavy atom. The van der Waals surface area contributed by atoms with E-state index in [1.54, 1.807) is 11.3 Å². The maximum absolute atomic E-state index is 5.76. The minimum atomic E-state index is 0.222. The first-order valence-corrected chi connectivity index (χ1v) is 5.83. The Morgan fingerprint density at radius 3 is 2.87 bits per heavy atom. The molecule has 2 aromatic rings. The third-order valence-electron chi connectivity index (χ3n) is 2.10. The van der Waals surface area contributed by atoms with Crippen LogP contribution in [0, 0.1) is 0 Å². The van der Waals surface area contributed by atoms with E-state index >= 15 is 0 Å². The quantitative estimate of drug-likeness (QED) is 0.860. The van der Waals surface area contributed by atoms with Crippen LogP contribution >= 0.6 is 11.3 Å². The maximum Gasteiger partial charge on any atom is 0.0801 e. The van der Waals surface area contributed by atoms with Crippen molar-refractivity contribution in [3.63, 3.8) is 0 Å². The second-order valence-electron chi connectivity index (χ2n) is 3.66. The predicted molar refractivity (Wildman–Crippen MR) is 64.9 cm³/mol. The number of hydrogen-bond donors (Lipinski definition) is 1. The van der Waals surface area contributed by atoms with Gasteiger partial charge in [-0.05, 0) is 37.6 Å². The van der Waals surface area contributed by atoms with Crippen molar-refractivity contribution in [1.82, 2.24) is 4.98 Å². The van der Waals surface area contributed by atoms with E-state index in [2.05, 4.69) is 17.1 Å². The summed E-state index contributed by atoms with van der Waals surface area (Å²) in [7, 11) is 0. The largest absolute Gasteiger partial charge is 0.328 e. The second kappa shape index (κ2) is 4.55. The van der Waals surface area contributed by atoms with Crippen LogP contribution in [-0.2, 0) is 6.42 Å². The van der Waals surface area contributed by atoms with E-state index in [1.165, 1.54) is 9.75 Å². The molecular weight excluding hydrogens is 204 g/mol. The summed E-state index contributed by atoms with van der Waals surface area (Å²) in [5, 5.41) is 0.